The van der Waals surface area contributed by atoms with Crippen LogP contribution in [0.5, 0.6) is 0 Å². The zero-order valence-corrected chi connectivity index (χ0v) is 11.9. The third-order valence-electron chi connectivity index (χ3n) is 4.35. The Hall–Kier alpha value is -0.610. The monoisotopic (exact) mass is 255 g/mol. The summed E-state index contributed by atoms with van der Waals surface area (Å²) in [5, 5.41) is 9.03. The Morgan fingerprint density at radius 3 is 2.17 bits per heavy atom. The maximum absolute atomic E-state index is 11.0. The summed E-state index contributed by atoms with van der Waals surface area (Å²) in [5.41, 5.74) is -0.211. The fourth-order valence-corrected chi connectivity index (χ4v) is 3.56. The highest BCUT2D eigenvalue weighted by Gasteiger charge is 2.48. The third-order valence-corrected chi connectivity index (χ3v) is 4.35. The van der Waals surface area contributed by atoms with Gasteiger partial charge in [-0.25, -0.2) is 0 Å². The maximum atomic E-state index is 11.0. The van der Waals surface area contributed by atoms with Crippen LogP contribution in [0.2, 0.25) is 0 Å². The van der Waals surface area contributed by atoms with Gasteiger partial charge in [0, 0.05) is 6.04 Å². The van der Waals surface area contributed by atoms with Gasteiger partial charge in [0.05, 0.1) is 17.1 Å². The lowest BCUT2D eigenvalue weighted by Gasteiger charge is -2.39. The lowest BCUT2D eigenvalue weighted by Crippen LogP contribution is -2.50. The Labute approximate surface area is 109 Å². The minimum atomic E-state index is -0.642. The second-order valence-electron chi connectivity index (χ2n) is 6.83. The Bertz CT molecular complexity index is 330. The number of carbonyl (C=O) groups is 1. The van der Waals surface area contributed by atoms with Gasteiger partial charge in [-0.1, -0.05) is 0 Å². The summed E-state index contributed by atoms with van der Waals surface area (Å²) in [7, 11) is 0. The van der Waals surface area contributed by atoms with E-state index in [9.17, 15) is 4.79 Å². The first kappa shape index (κ1) is 13.8. The predicted molar refractivity (Wildman–Crippen MR) is 69.6 cm³/mol. The summed E-state index contributed by atoms with van der Waals surface area (Å²) in [6, 6.07) is 0.405. The van der Waals surface area contributed by atoms with E-state index in [0.717, 1.165) is 32.4 Å². The number of rotatable bonds is 2. The standard InChI is InChI=1S/C14H25NO3/c1-13(2)9-11(14(3,4)18-13)15-7-5-10(6-8-15)12(16)17/h10-11H,5-9H2,1-4H3,(H,16,17). The van der Waals surface area contributed by atoms with E-state index in [0.29, 0.717) is 6.04 Å². The number of hydrogen-bond acceptors (Lipinski definition) is 3. The molecule has 0 amide bonds. The van der Waals surface area contributed by atoms with Gasteiger partial charge in [-0.05, 0) is 60.0 Å². The molecule has 2 saturated heterocycles. The van der Waals surface area contributed by atoms with Gasteiger partial charge in [-0.3, -0.25) is 9.69 Å². The molecular formula is C14H25NO3. The van der Waals surface area contributed by atoms with Gasteiger partial charge in [-0.2, -0.15) is 0 Å². The van der Waals surface area contributed by atoms with Crippen LogP contribution < -0.4 is 0 Å². The Balaban J connectivity index is 2.00. The Morgan fingerprint density at radius 1 is 1.22 bits per heavy atom. The molecule has 0 aromatic carbocycles. The quantitative estimate of drug-likeness (QED) is 0.821. The second kappa shape index (κ2) is 4.49. The maximum Gasteiger partial charge on any atom is 0.306 e. The zero-order valence-electron chi connectivity index (χ0n) is 11.9. The highest BCUT2D eigenvalue weighted by Crippen LogP contribution is 2.41. The molecule has 2 aliphatic heterocycles. The summed E-state index contributed by atoms with van der Waals surface area (Å²) in [4.78, 5) is 13.4. The number of aliphatic carboxylic acids is 1. The molecule has 0 aliphatic carbocycles. The molecule has 2 heterocycles. The molecule has 1 atom stereocenters. The van der Waals surface area contributed by atoms with E-state index >= 15 is 0 Å². The van der Waals surface area contributed by atoms with Gasteiger partial charge >= 0.3 is 5.97 Å². The van der Waals surface area contributed by atoms with Gasteiger partial charge in [0.2, 0.25) is 0 Å². The topological polar surface area (TPSA) is 49.8 Å². The number of piperidine rings is 1. The summed E-state index contributed by atoms with van der Waals surface area (Å²) in [6.45, 7) is 10.3. The van der Waals surface area contributed by atoms with Crippen molar-refractivity contribution in [3.8, 4) is 0 Å². The first-order valence-electron chi connectivity index (χ1n) is 6.88. The molecule has 0 bridgehead atoms. The van der Waals surface area contributed by atoms with Crippen LogP contribution in [0.4, 0.5) is 0 Å². The molecular weight excluding hydrogens is 230 g/mol. The van der Waals surface area contributed by atoms with Crippen molar-refractivity contribution in [2.24, 2.45) is 5.92 Å². The lowest BCUT2D eigenvalue weighted by molar-refractivity contribution is -0.143. The van der Waals surface area contributed by atoms with Crippen LogP contribution in [0.25, 0.3) is 0 Å². The number of likely N-dealkylation sites (tertiary alicyclic amines) is 1. The molecule has 0 aromatic heterocycles. The van der Waals surface area contributed by atoms with Gasteiger partial charge in [0.1, 0.15) is 0 Å². The van der Waals surface area contributed by atoms with Crippen molar-refractivity contribution in [3.05, 3.63) is 0 Å². The smallest absolute Gasteiger partial charge is 0.306 e. The van der Waals surface area contributed by atoms with Crippen molar-refractivity contribution in [1.82, 2.24) is 4.90 Å². The molecule has 2 aliphatic rings. The predicted octanol–water partition coefficient (Wildman–Crippen LogP) is 2.13. The van der Waals surface area contributed by atoms with Crippen LogP contribution in [-0.4, -0.2) is 46.3 Å². The van der Waals surface area contributed by atoms with E-state index in [4.69, 9.17) is 9.84 Å². The Morgan fingerprint density at radius 2 is 1.78 bits per heavy atom. The van der Waals surface area contributed by atoms with Gasteiger partial charge in [0.25, 0.3) is 0 Å². The van der Waals surface area contributed by atoms with E-state index in [2.05, 4.69) is 32.6 Å². The van der Waals surface area contributed by atoms with Gasteiger partial charge in [0.15, 0.2) is 0 Å². The minimum Gasteiger partial charge on any atom is -0.481 e. The van der Waals surface area contributed by atoms with Crippen molar-refractivity contribution in [2.75, 3.05) is 13.1 Å². The number of hydrogen-bond donors (Lipinski definition) is 1. The third kappa shape index (κ3) is 2.69. The van der Waals surface area contributed by atoms with Crippen molar-refractivity contribution in [1.29, 1.82) is 0 Å². The van der Waals surface area contributed by atoms with Crippen LogP contribution in [0, 0.1) is 5.92 Å². The molecule has 2 rings (SSSR count). The normalized spacial score (nSPS) is 32.6. The lowest BCUT2D eigenvalue weighted by atomic mass is 9.89. The molecule has 18 heavy (non-hydrogen) atoms. The average Bonchev–Trinajstić information content (AvgIpc) is 2.47. The van der Waals surface area contributed by atoms with Gasteiger partial charge < -0.3 is 9.84 Å². The molecule has 4 nitrogen and oxygen atoms in total. The summed E-state index contributed by atoms with van der Waals surface area (Å²) in [6.07, 6.45) is 2.56. The van der Waals surface area contributed by atoms with Crippen LogP contribution in [-0.2, 0) is 9.53 Å². The van der Waals surface area contributed by atoms with Crippen LogP contribution in [0.3, 0.4) is 0 Å². The zero-order chi connectivity index (χ0) is 13.6. The molecule has 0 radical (unpaired) electrons. The molecule has 0 spiro atoms. The van der Waals surface area contributed by atoms with Crippen molar-refractivity contribution in [2.45, 2.75) is 64.2 Å². The largest absolute Gasteiger partial charge is 0.481 e. The Kier molecular flexibility index (Phi) is 3.45. The highest BCUT2D eigenvalue weighted by molar-refractivity contribution is 5.70. The minimum absolute atomic E-state index is 0.0716. The van der Waals surface area contributed by atoms with Crippen LogP contribution in [0.15, 0.2) is 0 Å². The van der Waals surface area contributed by atoms with E-state index in [1.165, 1.54) is 0 Å². The average molecular weight is 255 g/mol. The summed E-state index contributed by atoms with van der Waals surface area (Å²) < 4.78 is 6.12. The van der Waals surface area contributed by atoms with Crippen LogP contribution in [0.1, 0.15) is 47.0 Å². The van der Waals surface area contributed by atoms with E-state index in [1.807, 2.05) is 0 Å². The van der Waals surface area contributed by atoms with E-state index < -0.39 is 5.97 Å². The molecule has 1 N–H and O–H groups in total. The summed E-state index contributed by atoms with van der Waals surface area (Å²) in [5.74, 6) is -0.795. The first-order chi connectivity index (χ1) is 8.21. The van der Waals surface area contributed by atoms with Crippen molar-refractivity contribution >= 4 is 5.97 Å². The van der Waals surface area contributed by atoms with E-state index in [-0.39, 0.29) is 17.1 Å². The molecule has 104 valence electrons. The number of carboxylic acid groups (broad SMARTS) is 1. The van der Waals surface area contributed by atoms with Crippen molar-refractivity contribution < 1.29 is 14.6 Å². The second-order valence-corrected chi connectivity index (χ2v) is 6.83. The molecule has 1 unspecified atom stereocenters. The van der Waals surface area contributed by atoms with Gasteiger partial charge in [-0.15, -0.1) is 0 Å². The highest BCUT2D eigenvalue weighted by atomic mass is 16.5. The molecule has 0 aromatic rings. The first-order valence-corrected chi connectivity index (χ1v) is 6.88. The summed E-state index contributed by atoms with van der Waals surface area (Å²) >= 11 is 0. The molecule has 4 heteroatoms. The number of carboxylic acids is 1. The number of nitrogens with zero attached hydrogens (tertiary/aromatic N) is 1. The number of ether oxygens (including phenoxy) is 1. The fourth-order valence-electron chi connectivity index (χ4n) is 3.56. The molecule has 2 fully saturated rings. The SMILES string of the molecule is CC1(C)CC(N2CCC(C(=O)O)CC2)C(C)(C)O1. The molecule has 0 saturated carbocycles. The fraction of sp³-hybridized carbons (Fsp3) is 0.929. The van der Waals surface area contributed by atoms with E-state index in [1.54, 1.807) is 0 Å². The van der Waals surface area contributed by atoms with Crippen LogP contribution >= 0.6 is 0 Å². The van der Waals surface area contributed by atoms with Crippen molar-refractivity contribution in [3.63, 3.8) is 0 Å².